The molecule has 0 aromatic rings. The van der Waals surface area contributed by atoms with Crippen LogP contribution in [-0.2, 0) is 9.53 Å². The van der Waals surface area contributed by atoms with Gasteiger partial charge in [0, 0.05) is 18.6 Å². The van der Waals surface area contributed by atoms with Crippen molar-refractivity contribution in [2.45, 2.75) is 45.2 Å². The van der Waals surface area contributed by atoms with E-state index in [4.69, 9.17) is 9.84 Å². The van der Waals surface area contributed by atoms with Gasteiger partial charge in [0.2, 0.25) is 0 Å². The van der Waals surface area contributed by atoms with Crippen LogP contribution in [0.25, 0.3) is 0 Å². The van der Waals surface area contributed by atoms with Crippen LogP contribution in [-0.4, -0.2) is 47.8 Å². The normalized spacial score (nSPS) is 17.9. The van der Waals surface area contributed by atoms with E-state index in [0.29, 0.717) is 25.6 Å². The molecule has 0 heterocycles. The molecule has 0 saturated heterocycles. The molecule has 4 heteroatoms. The van der Waals surface area contributed by atoms with Crippen LogP contribution in [0.1, 0.15) is 33.1 Å². The molecule has 0 aliphatic heterocycles. The fourth-order valence-corrected chi connectivity index (χ4v) is 1.86. The summed E-state index contributed by atoms with van der Waals surface area (Å²) >= 11 is 0. The molecule has 1 N–H and O–H groups in total. The Morgan fingerprint density at radius 3 is 2.73 bits per heavy atom. The molecular weight excluding hydrogens is 194 g/mol. The van der Waals surface area contributed by atoms with E-state index in [9.17, 15) is 4.79 Å². The Bertz CT molecular complexity index is 204. The van der Waals surface area contributed by atoms with Crippen molar-refractivity contribution in [1.29, 1.82) is 0 Å². The number of carbonyl (C=O) groups excluding carboxylic acids is 1. The van der Waals surface area contributed by atoms with Gasteiger partial charge < -0.3 is 9.84 Å². The van der Waals surface area contributed by atoms with E-state index >= 15 is 0 Å². The third-order valence-electron chi connectivity index (χ3n) is 2.71. The Balaban J connectivity index is 2.34. The highest BCUT2D eigenvalue weighted by atomic mass is 16.5. The van der Waals surface area contributed by atoms with Crippen LogP contribution in [0.3, 0.4) is 0 Å². The highest BCUT2D eigenvalue weighted by molar-refractivity contribution is 5.70. The second-order valence-corrected chi connectivity index (χ2v) is 4.05. The summed E-state index contributed by atoms with van der Waals surface area (Å²) in [5.74, 6) is -0.145. The Kier molecular flexibility index (Phi) is 5.05. The van der Waals surface area contributed by atoms with Crippen LogP contribution < -0.4 is 0 Å². The second kappa shape index (κ2) is 6.08. The highest BCUT2D eigenvalue weighted by Gasteiger charge is 2.32. The van der Waals surface area contributed by atoms with Crippen LogP contribution >= 0.6 is 0 Å². The molecule has 1 fully saturated rings. The number of carbonyl (C=O) groups is 1. The van der Waals surface area contributed by atoms with Crippen molar-refractivity contribution in [2.75, 3.05) is 19.8 Å². The Morgan fingerprint density at radius 1 is 1.60 bits per heavy atom. The van der Waals surface area contributed by atoms with E-state index < -0.39 is 0 Å². The standard InChI is InChI=1S/C11H21NO3/c1-3-15-11(14)8-9(2)12(6-7-13)10-4-5-10/h9-10,13H,3-8H2,1-2H3. The van der Waals surface area contributed by atoms with E-state index in [1.54, 1.807) is 0 Å². The van der Waals surface area contributed by atoms with E-state index in [1.165, 1.54) is 12.8 Å². The summed E-state index contributed by atoms with van der Waals surface area (Å²) in [6.45, 7) is 5.09. The predicted molar refractivity (Wildman–Crippen MR) is 57.5 cm³/mol. The number of esters is 1. The number of hydrogen-bond donors (Lipinski definition) is 1. The molecule has 15 heavy (non-hydrogen) atoms. The Hall–Kier alpha value is -0.610. The summed E-state index contributed by atoms with van der Waals surface area (Å²) in [7, 11) is 0. The van der Waals surface area contributed by atoms with Crippen LogP contribution in [0.2, 0.25) is 0 Å². The van der Waals surface area contributed by atoms with Gasteiger partial charge in [-0.15, -0.1) is 0 Å². The van der Waals surface area contributed by atoms with Crippen molar-refractivity contribution in [1.82, 2.24) is 4.90 Å². The van der Waals surface area contributed by atoms with Crippen molar-refractivity contribution >= 4 is 5.97 Å². The first-order valence-electron chi connectivity index (χ1n) is 5.71. The molecule has 1 rings (SSSR count). The van der Waals surface area contributed by atoms with Gasteiger partial charge in [0.15, 0.2) is 0 Å². The van der Waals surface area contributed by atoms with Crippen LogP contribution in [0.15, 0.2) is 0 Å². The topological polar surface area (TPSA) is 49.8 Å². The van der Waals surface area contributed by atoms with Crippen molar-refractivity contribution < 1.29 is 14.6 Å². The van der Waals surface area contributed by atoms with Gasteiger partial charge in [0.05, 0.1) is 19.6 Å². The molecule has 0 spiro atoms. The maximum Gasteiger partial charge on any atom is 0.307 e. The minimum absolute atomic E-state index is 0.145. The van der Waals surface area contributed by atoms with E-state index in [1.807, 2.05) is 13.8 Å². The van der Waals surface area contributed by atoms with Gasteiger partial charge in [0.25, 0.3) is 0 Å². The zero-order chi connectivity index (χ0) is 11.3. The van der Waals surface area contributed by atoms with Crippen LogP contribution in [0.5, 0.6) is 0 Å². The average Bonchev–Trinajstić information content (AvgIpc) is 2.97. The Labute approximate surface area is 91.2 Å². The number of hydrogen-bond acceptors (Lipinski definition) is 4. The minimum Gasteiger partial charge on any atom is -0.466 e. The predicted octanol–water partition coefficient (Wildman–Crippen LogP) is 0.785. The van der Waals surface area contributed by atoms with Gasteiger partial charge >= 0.3 is 5.97 Å². The van der Waals surface area contributed by atoms with E-state index in [-0.39, 0.29) is 18.6 Å². The molecule has 4 nitrogen and oxygen atoms in total. The zero-order valence-electron chi connectivity index (χ0n) is 9.61. The first kappa shape index (κ1) is 12.5. The third kappa shape index (κ3) is 4.18. The van der Waals surface area contributed by atoms with Gasteiger partial charge in [0.1, 0.15) is 0 Å². The smallest absolute Gasteiger partial charge is 0.307 e. The number of rotatable bonds is 7. The third-order valence-corrected chi connectivity index (χ3v) is 2.71. The van der Waals surface area contributed by atoms with Gasteiger partial charge in [-0.1, -0.05) is 0 Å². The van der Waals surface area contributed by atoms with Gasteiger partial charge in [-0.25, -0.2) is 0 Å². The monoisotopic (exact) mass is 215 g/mol. The summed E-state index contributed by atoms with van der Waals surface area (Å²) in [5, 5.41) is 8.94. The molecule has 1 aliphatic carbocycles. The number of nitrogens with zero attached hydrogens (tertiary/aromatic N) is 1. The fraction of sp³-hybridized carbons (Fsp3) is 0.909. The maximum absolute atomic E-state index is 11.3. The van der Waals surface area contributed by atoms with Gasteiger partial charge in [-0.3, -0.25) is 9.69 Å². The van der Waals surface area contributed by atoms with Crippen LogP contribution in [0.4, 0.5) is 0 Å². The molecule has 1 saturated carbocycles. The lowest BCUT2D eigenvalue weighted by Gasteiger charge is -2.27. The van der Waals surface area contributed by atoms with E-state index in [0.717, 1.165) is 0 Å². The lowest BCUT2D eigenvalue weighted by molar-refractivity contribution is -0.144. The quantitative estimate of drug-likeness (QED) is 0.638. The SMILES string of the molecule is CCOC(=O)CC(C)N(CCO)C1CC1. The number of aliphatic hydroxyl groups is 1. The van der Waals surface area contributed by atoms with Crippen molar-refractivity contribution in [3.63, 3.8) is 0 Å². The summed E-state index contributed by atoms with van der Waals surface area (Å²) in [6.07, 6.45) is 2.80. The van der Waals surface area contributed by atoms with Gasteiger partial charge in [-0.2, -0.15) is 0 Å². The lowest BCUT2D eigenvalue weighted by atomic mass is 10.2. The molecular formula is C11H21NO3. The highest BCUT2D eigenvalue weighted by Crippen LogP contribution is 2.29. The molecule has 0 amide bonds. The van der Waals surface area contributed by atoms with Crippen LogP contribution in [0, 0.1) is 0 Å². The average molecular weight is 215 g/mol. The molecule has 0 aromatic heterocycles. The minimum atomic E-state index is -0.145. The maximum atomic E-state index is 11.3. The molecule has 1 unspecified atom stereocenters. The van der Waals surface area contributed by atoms with Gasteiger partial charge in [-0.05, 0) is 26.7 Å². The first-order valence-corrected chi connectivity index (χ1v) is 5.71. The summed E-state index contributed by atoms with van der Waals surface area (Å²) in [5.41, 5.74) is 0. The molecule has 0 radical (unpaired) electrons. The van der Waals surface area contributed by atoms with Crippen molar-refractivity contribution in [2.24, 2.45) is 0 Å². The van der Waals surface area contributed by atoms with Crippen molar-refractivity contribution in [3.05, 3.63) is 0 Å². The summed E-state index contributed by atoms with van der Waals surface area (Å²) in [6, 6.07) is 0.741. The molecule has 0 aromatic carbocycles. The van der Waals surface area contributed by atoms with Crippen molar-refractivity contribution in [3.8, 4) is 0 Å². The summed E-state index contributed by atoms with van der Waals surface area (Å²) < 4.78 is 4.91. The second-order valence-electron chi connectivity index (χ2n) is 4.05. The van der Waals surface area contributed by atoms with E-state index in [2.05, 4.69) is 4.90 Å². The fourth-order valence-electron chi connectivity index (χ4n) is 1.86. The number of aliphatic hydroxyl groups excluding tert-OH is 1. The molecule has 88 valence electrons. The molecule has 1 aliphatic rings. The Morgan fingerprint density at radius 2 is 2.27 bits per heavy atom. The largest absolute Gasteiger partial charge is 0.466 e. The first-order chi connectivity index (χ1) is 7.19. The lowest BCUT2D eigenvalue weighted by Crippen LogP contribution is -2.38. The summed E-state index contributed by atoms with van der Waals surface area (Å²) in [4.78, 5) is 13.5. The molecule has 0 bridgehead atoms. The molecule has 1 atom stereocenters. The zero-order valence-corrected chi connectivity index (χ0v) is 9.61. The number of ether oxygens (including phenoxy) is 1.